The Balaban J connectivity index is 0.00000256. The number of fused-ring (bicyclic) bond motifs is 9. The number of nitrogens with zero attached hydrogens (tertiary/aromatic N) is 3. The van der Waals surface area contributed by atoms with Gasteiger partial charge in [-0.1, -0.05) is 48.5 Å². The molecule has 4 nitrogen and oxygen atoms in total. The van der Waals surface area contributed by atoms with Crippen LogP contribution in [0.1, 0.15) is 0 Å². The van der Waals surface area contributed by atoms with Gasteiger partial charge >= 0.3 is 0 Å². The molecule has 0 spiro atoms. The molecule has 1 radical (unpaired) electrons. The number of para-hydroxylation sites is 2. The average Bonchev–Trinajstić information content (AvgIpc) is 3.64. The summed E-state index contributed by atoms with van der Waals surface area (Å²) in [5.41, 5.74) is 11.0. The molecule has 5 aromatic carbocycles. The predicted molar refractivity (Wildman–Crippen MR) is 165 cm³/mol. The van der Waals surface area contributed by atoms with Gasteiger partial charge in [-0.25, -0.2) is 0 Å². The summed E-state index contributed by atoms with van der Waals surface area (Å²) >= 11 is 0. The minimum atomic E-state index is 0. The van der Waals surface area contributed by atoms with Gasteiger partial charge in [-0.15, -0.1) is 0 Å². The van der Waals surface area contributed by atoms with Crippen LogP contribution in [0.15, 0.2) is 126 Å². The zero-order valence-electron chi connectivity index (χ0n) is 22.2. The minimum absolute atomic E-state index is 0. The second kappa shape index (κ2) is 8.87. The first-order valence-electron chi connectivity index (χ1n) is 13.5. The summed E-state index contributed by atoms with van der Waals surface area (Å²) in [6, 6.07) is 41.0. The number of hydrogen-bond acceptors (Lipinski definition) is 2. The maximum atomic E-state index is 6.30. The van der Waals surface area contributed by atoms with Gasteiger partial charge in [-0.2, -0.15) is 0 Å². The Hall–Kier alpha value is -4.77. The maximum absolute atomic E-state index is 6.30. The van der Waals surface area contributed by atoms with Gasteiger partial charge in [0.15, 0.2) is 0 Å². The number of pyridine rings is 1. The van der Waals surface area contributed by atoms with Crippen molar-refractivity contribution in [1.82, 2.24) is 14.1 Å². The summed E-state index contributed by atoms with van der Waals surface area (Å²) in [7, 11) is 2.14. The molecule has 0 unspecified atom stereocenters. The second-order valence-corrected chi connectivity index (χ2v) is 10.5. The standard InChI is InChI=1S/C36H23N3O.V/c1-38-30-9-4-2-7-25(30)27-19-22(12-15-31(27)38)23-13-16-34-28(20-23)29-21-24(14-17-35(29)40-34)39-32-10-5-3-8-26(32)36-33(39)11-6-18-37-36;/h2-21H,1H3;. The molecule has 0 N–H and O–H groups in total. The molecule has 5 heteroatoms. The molecule has 0 aliphatic heterocycles. The predicted octanol–water partition coefficient (Wildman–Crippen LogP) is 9.39. The molecule has 4 aromatic heterocycles. The van der Waals surface area contributed by atoms with E-state index in [-0.39, 0.29) is 18.6 Å². The van der Waals surface area contributed by atoms with Gasteiger partial charge in [0.25, 0.3) is 0 Å². The smallest absolute Gasteiger partial charge is 0.135 e. The largest absolute Gasteiger partial charge is 0.456 e. The molecule has 0 amide bonds. The fourth-order valence-electron chi connectivity index (χ4n) is 6.49. The Kier molecular flexibility index (Phi) is 5.21. The molecule has 9 rings (SSSR count). The number of aryl methyl sites for hydroxylation is 1. The fraction of sp³-hybridized carbons (Fsp3) is 0.0278. The van der Waals surface area contributed by atoms with Crippen molar-refractivity contribution < 1.29 is 23.0 Å². The van der Waals surface area contributed by atoms with E-state index >= 15 is 0 Å². The number of aromatic nitrogens is 3. The van der Waals surface area contributed by atoms with Crippen LogP contribution >= 0.6 is 0 Å². The monoisotopic (exact) mass is 564 g/mol. The van der Waals surface area contributed by atoms with Gasteiger partial charge in [0.1, 0.15) is 11.2 Å². The van der Waals surface area contributed by atoms with Crippen molar-refractivity contribution in [2.75, 3.05) is 0 Å². The Morgan fingerprint density at radius 2 is 1.17 bits per heavy atom. The molecule has 0 atom stereocenters. The third-order valence-electron chi connectivity index (χ3n) is 8.39. The average molecular weight is 565 g/mol. The van der Waals surface area contributed by atoms with Gasteiger partial charge in [0.2, 0.25) is 0 Å². The summed E-state index contributed by atoms with van der Waals surface area (Å²) in [5, 5.41) is 5.93. The summed E-state index contributed by atoms with van der Waals surface area (Å²) in [6.45, 7) is 0. The molecular formula is C36H23N3OV. The summed E-state index contributed by atoms with van der Waals surface area (Å²) < 4.78 is 10.9. The third-order valence-corrected chi connectivity index (χ3v) is 8.39. The van der Waals surface area contributed by atoms with Crippen LogP contribution < -0.4 is 0 Å². The molecule has 0 aliphatic carbocycles. The molecule has 0 bridgehead atoms. The Morgan fingerprint density at radius 3 is 2.02 bits per heavy atom. The maximum Gasteiger partial charge on any atom is 0.135 e. The second-order valence-electron chi connectivity index (χ2n) is 10.5. The van der Waals surface area contributed by atoms with Crippen LogP contribution in [0.25, 0.3) is 82.5 Å². The van der Waals surface area contributed by atoms with E-state index in [9.17, 15) is 0 Å². The van der Waals surface area contributed by atoms with Crippen LogP contribution in [0.2, 0.25) is 0 Å². The van der Waals surface area contributed by atoms with Crippen LogP contribution in [-0.2, 0) is 25.6 Å². The van der Waals surface area contributed by atoms with Gasteiger partial charge in [-0.3, -0.25) is 4.98 Å². The van der Waals surface area contributed by atoms with Crippen LogP contribution in [0.3, 0.4) is 0 Å². The summed E-state index contributed by atoms with van der Waals surface area (Å²) in [6.07, 6.45) is 1.86. The number of rotatable bonds is 2. The summed E-state index contributed by atoms with van der Waals surface area (Å²) in [5.74, 6) is 0. The molecule has 0 saturated carbocycles. The molecule has 4 heterocycles. The van der Waals surface area contributed by atoms with E-state index in [4.69, 9.17) is 9.40 Å². The van der Waals surface area contributed by atoms with Gasteiger partial charge in [0.05, 0.1) is 16.6 Å². The molecule has 41 heavy (non-hydrogen) atoms. The van der Waals surface area contributed by atoms with E-state index in [0.29, 0.717) is 0 Å². The Labute approximate surface area is 247 Å². The topological polar surface area (TPSA) is 35.9 Å². The van der Waals surface area contributed by atoms with Gasteiger partial charge < -0.3 is 13.6 Å². The van der Waals surface area contributed by atoms with Crippen molar-refractivity contribution in [2.45, 2.75) is 0 Å². The van der Waals surface area contributed by atoms with E-state index in [1.54, 1.807) is 0 Å². The zero-order valence-corrected chi connectivity index (χ0v) is 23.6. The SMILES string of the molecule is Cn1c2ccccc2c2cc(-c3ccc4oc5ccc(-n6c7ccccc7c7ncccc76)cc5c4c3)ccc21.[V]. The van der Waals surface area contributed by atoms with Crippen molar-refractivity contribution in [3.05, 3.63) is 121 Å². The van der Waals surface area contributed by atoms with E-state index in [0.717, 1.165) is 49.6 Å². The van der Waals surface area contributed by atoms with Crippen molar-refractivity contribution in [1.29, 1.82) is 0 Å². The number of hydrogen-bond donors (Lipinski definition) is 0. The van der Waals surface area contributed by atoms with Crippen LogP contribution in [0.5, 0.6) is 0 Å². The van der Waals surface area contributed by atoms with Crippen LogP contribution in [0, 0.1) is 0 Å². The molecule has 193 valence electrons. The van der Waals surface area contributed by atoms with E-state index < -0.39 is 0 Å². The number of furan rings is 1. The fourth-order valence-corrected chi connectivity index (χ4v) is 6.49. The molecule has 0 aliphatic rings. The first-order valence-corrected chi connectivity index (χ1v) is 13.5. The quantitative estimate of drug-likeness (QED) is 0.210. The molecular weight excluding hydrogens is 541 g/mol. The molecule has 9 aromatic rings. The van der Waals surface area contributed by atoms with Crippen LogP contribution in [-0.4, -0.2) is 14.1 Å². The molecule has 0 fully saturated rings. The van der Waals surface area contributed by atoms with Crippen molar-refractivity contribution >= 4 is 65.7 Å². The minimum Gasteiger partial charge on any atom is -0.456 e. The van der Waals surface area contributed by atoms with Crippen LogP contribution in [0.4, 0.5) is 0 Å². The Morgan fingerprint density at radius 1 is 0.537 bits per heavy atom. The van der Waals surface area contributed by atoms with Crippen molar-refractivity contribution in [3.8, 4) is 16.8 Å². The zero-order chi connectivity index (χ0) is 26.4. The van der Waals surface area contributed by atoms with E-state index in [1.165, 1.54) is 32.9 Å². The van der Waals surface area contributed by atoms with Crippen molar-refractivity contribution in [2.24, 2.45) is 7.05 Å². The first kappa shape index (κ1) is 24.1. The molecule has 0 saturated heterocycles. The van der Waals surface area contributed by atoms with E-state index in [2.05, 4.69) is 125 Å². The third kappa shape index (κ3) is 3.38. The Bertz CT molecular complexity index is 2410. The van der Waals surface area contributed by atoms with Gasteiger partial charge in [-0.05, 0) is 77.9 Å². The van der Waals surface area contributed by atoms with E-state index in [1.807, 2.05) is 12.3 Å². The summed E-state index contributed by atoms with van der Waals surface area (Å²) in [4.78, 5) is 4.70. The number of benzene rings is 5. The van der Waals surface area contributed by atoms with Gasteiger partial charge in [0, 0.05) is 75.5 Å². The normalized spacial score (nSPS) is 11.8. The van der Waals surface area contributed by atoms with Crippen molar-refractivity contribution in [3.63, 3.8) is 0 Å². The first-order chi connectivity index (χ1) is 19.7.